The van der Waals surface area contributed by atoms with E-state index in [1.54, 1.807) is 27.7 Å². The van der Waals surface area contributed by atoms with Gasteiger partial charge in [-0.3, -0.25) is 9.13 Å². The molecule has 29 heavy (non-hydrogen) atoms. The van der Waals surface area contributed by atoms with E-state index >= 15 is 0 Å². The number of hydrogen-bond donors (Lipinski definition) is 2. The number of phenols is 1. The normalized spacial score (nSPS) is 13.0. The van der Waals surface area contributed by atoms with E-state index in [4.69, 9.17) is 18.1 Å². The number of benzene rings is 1. The minimum absolute atomic E-state index is 0.159. The zero-order chi connectivity index (χ0) is 21.9. The van der Waals surface area contributed by atoms with Gasteiger partial charge in [-0.15, -0.1) is 0 Å². The monoisotopic (exact) mass is 448 g/mol. The fourth-order valence-electron chi connectivity index (χ4n) is 2.40. The third-order valence-corrected chi connectivity index (χ3v) is 7.02. The third-order valence-electron chi connectivity index (χ3n) is 3.52. The van der Waals surface area contributed by atoms with Gasteiger partial charge in [0.05, 0.1) is 33.0 Å². The summed E-state index contributed by atoms with van der Waals surface area (Å²) in [6.45, 7) is 7.28. The van der Waals surface area contributed by atoms with Gasteiger partial charge in [-0.25, -0.2) is 0 Å². The van der Waals surface area contributed by atoms with Crippen molar-refractivity contribution in [1.82, 2.24) is 0 Å². The van der Waals surface area contributed by atoms with Gasteiger partial charge in [-0.05, 0) is 57.5 Å². The predicted octanol–water partition coefficient (Wildman–Crippen LogP) is 5.36. The molecule has 0 atom stereocenters. The van der Waals surface area contributed by atoms with Gasteiger partial charge in [0.25, 0.3) is 0 Å². The minimum Gasteiger partial charge on any atom is -0.507 e. The lowest BCUT2D eigenvalue weighted by Crippen LogP contribution is -1.94. The zero-order valence-corrected chi connectivity index (χ0v) is 19.0. The molecule has 0 bridgehead atoms. The molecular formula is C19H30O8P2. The average molecular weight is 448 g/mol. The lowest BCUT2D eigenvalue weighted by atomic mass is 10.0. The number of rotatable bonds is 13. The van der Waals surface area contributed by atoms with Crippen LogP contribution in [0, 0.1) is 0 Å². The summed E-state index contributed by atoms with van der Waals surface area (Å²) in [6, 6.07) is 3.08. The number of aliphatic hydroxyl groups excluding tert-OH is 1. The summed E-state index contributed by atoms with van der Waals surface area (Å²) in [6.07, 6.45) is 2.81. The summed E-state index contributed by atoms with van der Waals surface area (Å²) in [5.74, 6) is 2.36. The van der Waals surface area contributed by atoms with Crippen molar-refractivity contribution < 1.29 is 37.4 Å². The van der Waals surface area contributed by atoms with Crippen molar-refractivity contribution in [3.8, 4) is 5.75 Å². The van der Waals surface area contributed by atoms with E-state index in [9.17, 15) is 19.3 Å². The van der Waals surface area contributed by atoms with Crippen LogP contribution in [0.25, 0.3) is 12.2 Å². The van der Waals surface area contributed by atoms with Gasteiger partial charge in [0, 0.05) is 22.8 Å². The van der Waals surface area contributed by atoms with Gasteiger partial charge in [-0.2, -0.15) is 0 Å². The van der Waals surface area contributed by atoms with Crippen LogP contribution in [0.15, 0.2) is 23.8 Å². The molecule has 0 saturated heterocycles. The molecule has 0 saturated carbocycles. The Morgan fingerprint density at radius 1 is 0.793 bits per heavy atom. The van der Waals surface area contributed by atoms with Crippen LogP contribution in [0.3, 0.4) is 0 Å². The summed E-state index contributed by atoms with van der Waals surface area (Å²) < 4.78 is 46.0. The first-order chi connectivity index (χ1) is 13.8. The highest BCUT2D eigenvalue weighted by molar-refractivity contribution is 7.57. The van der Waals surface area contributed by atoms with Crippen molar-refractivity contribution in [1.29, 1.82) is 0 Å². The summed E-state index contributed by atoms with van der Waals surface area (Å²) in [7, 11) is -6.92. The third kappa shape index (κ3) is 8.19. The molecule has 1 aromatic carbocycles. The molecule has 0 fully saturated rings. The van der Waals surface area contributed by atoms with E-state index in [0.717, 1.165) is 0 Å². The van der Waals surface area contributed by atoms with Crippen LogP contribution in [0.1, 0.15) is 44.4 Å². The van der Waals surface area contributed by atoms with Gasteiger partial charge in [0.15, 0.2) is 0 Å². The average Bonchev–Trinajstić information content (AvgIpc) is 2.67. The second-order valence-corrected chi connectivity index (χ2v) is 9.45. The van der Waals surface area contributed by atoms with Gasteiger partial charge in [-0.1, -0.05) is 0 Å². The highest BCUT2D eigenvalue weighted by atomic mass is 31.2. The Hall–Kier alpha value is -1.24. The Morgan fingerprint density at radius 3 is 1.41 bits per heavy atom. The van der Waals surface area contributed by atoms with Crippen molar-refractivity contribution in [3.63, 3.8) is 0 Å². The Balaban J connectivity index is 3.33. The summed E-state index contributed by atoms with van der Waals surface area (Å²) >= 11 is 0. The van der Waals surface area contributed by atoms with Crippen molar-refractivity contribution in [2.75, 3.05) is 26.4 Å². The molecule has 0 aliphatic rings. The molecule has 10 heteroatoms. The molecule has 0 heterocycles. The number of aromatic hydroxyl groups is 1. The van der Waals surface area contributed by atoms with Crippen LogP contribution >= 0.6 is 15.2 Å². The minimum atomic E-state index is -3.46. The first-order valence-corrected chi connectivity index (χ1v) is 12.6. The zero-order valence-electron chi connectivity index (χ0n) is 17.2. The number of aliphatic hydroxyl groups is 1. The van der Waals surface area contributed by atoms with E-state index in [1.165, 1.54) is 35.9 Å². The molecule has 0 aliphatic heterocycles. The predicted molar refractivity (Wildman–Crippen MR) is 114 cm³/mol. The molecule has 0 amide bonds. The highest BCUT2D eigenvalue weighted by Crippen LogP contribution is 2.51. The molecule has 0 radical (unpaired) electrons. The molecule has 0 aromatic heterocycles. The maximum atomic E-state index is 12.6. The largest absolute Gasteiger partial charge is 0.507 e. The van der Waals surface area contributed by atoms with E-state index in [2.05, 4.69) is 0 Å². The molecule has 2 N–H and O–H groups in total. The quantitative estimate of drug-likeness (QED) is 0.388. The summed E-state index contributed by atoms with van der Waals surface area (Å²) in [4.78, 5) is 0. The standard InChI is InChI=1S/C19H30O8P2/c1-5-24-28(22,25-6-2)11-9-17-13-16(15-20)14-18(19(17)21)10-12-29(23,26-7-3)27-8-4/h9-14,20-21H,5-8,15H2,1-4H3/b11-9+,12-10+. The van der Waals surface area contributed by atoms with Crippen LogP contribution in [0.5, 0.6) is 5.75 Å². The van der Waals surface area contributed by atoms with Gasteiger partial charge < -0.3 is 28.3 Å². The fourth-order valence-corrected chi connectivity index (χ4v) is 5.02. The Morgan fingerprint density at radius 2 is 1.14 bits per heavy atom. The molecule has 164 valence electrons. The Kier molecular flexibility index (Phi) is 11.1. The molecule has 8 nitrogen and oxygen atoms in total. The van der Waals surface area contributed by atoms with Gasteiger partial charge >= 0.3 is 15.2 Å². The first kappa shape index (κ1) is 25.8. The second kappa shape index (κ2) is 12.5. The van der Waals surface area contributed by atoms with E-state index in [0.29, 0.717) is 16.7 Å². The molecule has 1 rings (SSSR count). The van der Waals surface area contributed by atoms with Crippen molar-refractivity contribution >= 4 is 27.3 Å². The number of hydrogen-bond acceptors (Lipinski definition) is 8. The topological polar surface area (TPSA) is 112 Å². The Bertz CT molecular complexity index is 722. The number of phenolic OH excluding ortho intramolecular Hbond substituents is 1. The second-order valence-electron chi connectivity index (χ2n) is 5.66. The van der Waals surface area contributed by atoms with Crippen LogP contribution in [0.2, 0.25) is 0 Å². The lowest BCUT2D eigenvalue weighted by molar-refractivity contribution is 0.228. The summed E-state index contributed by atoms with van der Waals surface area (Å²) in [5.41, 5.74) is 1.07. The van der Waals surface area contributed by atoms with Crippen molar-refractivity contribution in [2.24, 2.45) is 0 Å². The molecule has 0 aliphatic carbocycles. The fraction of sp³-hybridized carbons (Fsp3) is 0.474. The molecular weight excluding hydrogens is 418 g/mol. The summed E-state index contributed by atoms with van der Waals surface area (Å²) in [5, 5.41) is 20.1. The highest BCUT2D eigenvalue weighted by Gasteiger charge is 2.21. The molecule has 0 spiro atoms. The maximum absolute atomic E-state index is 12.6. The first-order valence-electron chi connectivity index (χ1n) is 9.39. The van der Waals surface area contributed by atoms with Crippen LogP contribution in [0.4, 0.5) is 0 Å². The SMILES string of the molecule is CCOP(=O)(/C=C/c1cc(CO)cc(/C=C/P(=O)(OCC)OCC)c1O)OCC. The van der Waals surface area contributed by atoms with Crippen molar-refractivity contribution in [3.05, 3.63) is 40.5 Å². The van der Waals surface area contributed by atoms with Gasteiger partial charge in [0.1, 0.15) is 5.75 Å². The Labute approximate surface area is 172 Å². The maximum Gasteiger partial charge on any atom is 0.354 e. The van der Waals surface area contributed by atoms with E-state index in [-0.39, 0.29) is 38.8 Å². The molecule has 1 aromatic rings. The van der Waals surface area contributed by atoms with Crippen molar-refractivity contribution in [2.45, 2.75) is 34.3 Å². The van der Waals surface area contributed by atoms with E-state index < -0.39 is 15.2 Å². The smallest absolute Gasteiger partial charge is 0.354 e. The van der Waals surface area contributed by atoms with E-state index in [1.807, 2.05) is 0 Å². The van der Waals surface area contributed by atoms with Crippen LogP contribution < -0.4 is 0 Å². The van der Waals surface area contributed by atoms with Gasteiger partial charge in [0.2, 0.25) is 0 Å². The lowest BCUT2D eigenvalue weighted by Gasteiger charge is -2.14. The molecule has 0 unspecified atom stereocenters. The van der Waals surface area contributed by atoms with Crippen LogP contribution in [-0.4, -0.2) is 36.6 Å². The van der Waals surface area contributed by atoms with Crippen LogP contribution in [-0.2, 0) is 33.8 Å².